The number of allylic oxidation sites excluding steroid dienone is 6. The molecular formula is C23H44. The molecule has 0 nitrogen and oxygen atoms in total. The lowest BCUT2D eigenvalue weighted by molar-refractivity contribution is 0.510. The lowest BCUT2D eigenvalue weighted by Crippen LogP contribution is -2.09. The van der Waals surface area contributed by atoms with Crippen LogP contribution in [-0.2, 0) is 0 Å². The monoisotopic (exact) mass is 320 g/mol. The van der Waals surface area contributed by atoms with E-state index in [2.05, 4.69) is 60.8 Å². The van der Waals surface area contributed by atoms with Gasteiger partial charge in [-0.05, 0) is 41.7 Å². The van der Waals surface area contributed by atoms with Crippen LogP contribution in [0.15, 0.2) is 48.1 Å². The van der Waals surface area contributed by atoms with Gasteiger partial charge in [-0.2, -0.15) is 0 Å². The van der Waals surface area contributed by atoms with Gasteiger partial charge in [-0.15, -0.1) is 6.58 Å². The summed E-state index contributed by atoms with van der Waals surface area (Å²) in [5.41, 5.74) is 5.17. The first-order valence-corrected chi connectivity index (χ1v) is 9.28. The molecule has 0 amide bonds. The Hall–Kier alpha value is -1.04. The highest BCUT2D eigenvalue weighted by atomic mass is 14.5. The van der Waals surface area contributed by atoms with Gasteiger partial charge in [0, 0.05) is 0 Å². The molecule has 1 rings (SSSR count). The number of hydrogen-bond donors (Lipinski definition) is 0. The third-order valence-corrected chi connectivity index (χ3v) is 3.44. The molecule has 0 unspecified atom stereocenters. The summed E-state index contributed by atoms with van der Waals surface area (Å²) in [5, 5.41) is 0. The molecule has 1 aliphatic carbocycles. The molecule has 0 atom stereocenters. The fraction of sp³-hybridized carbons (Fsp3) is 0.652. The van der Waals surface area contributed by atoms with Crippen LogP contribution in [0.2, 0.25) is 0 Å². The second kappa shape index (κ2) is 13.4. The Bertz CT molecular complexity index is 381. The molecule has 0 aromatic carbocycles. The summed E-state index contributed by atoms with van der Waals surface area (Å²) in [5.74, 6) is 0. The van der Waals surface area contributed by atoms with E-state index < -0.39 is 0 Å². The topological polar surface area (TPSA) is 0 Å². The summed E-state index contributed by atoms with van der Waals surface area (Å²) in [6.07, 6.45) is 8.42. The maximum atomic E-state index is 3.89. The Morgan fingerprint density at radius 2 is 1.43 bits per heavy atom. The lowest BCUT2D eigenvalue weighted by Gasteiger charge is -2.22. The summed E-state index contributed by atoms with van der Waals surface area (Å²) in [7, 11) is 0. The van der Waals surface area contributed by atoms with Crippen molar-refractivity contribution in [3.05, 3.63) is 48.1 Å². The van der Waals surface area contributed by atoms with Crippen molar-refractivity contribution in [1.29, 1.82) is 0 Å². The molecule has 0 heterocycles. The SMILES string of the molecule is C=C/C(=C\C(=C1\CC1(C)C)C(C)(C)C)CC.C=CC.CC.CC. The molecule has 0 aromatic rings. The average Bonchev–Trinajstić information content (AvgIpc) is 3.12. The van der Waals surface area contributed by atoms with E-state index in [1.165, 1.54) is 17.6 Å². The minimum absolute atomic E-state index is 0.243. The Labute approximate surface area is 148 Å². The highest BCUT2D eigenvalue weighted by Crippen LogP contribution is 2.56. The number of hydrogen-bond acceptors (Lipinski definition) is 0. The standard InChI is InChI=1S/C16H26.C3H6.2C2H6/c1-8-12(9-2)10-13(15(3,4)5)14-11-16(14,6)7;1-3-2;2*1-2/h8,10H,1,9,11H2,2-7H3;3H,1H2,2H3;2*1-2H3/b12-10+,14-13+;;;. The molecule has 1 aliphatic rings. The van der Waals surface area contributed by atoms with Crippen LogP contribution < -0.4 is 0 Å². The molecule has 0 aliphatic heterocycles. The van der Waals surface area contributed by atoms with Gasteiger partial charge in [-0.1, -0.05) is 99.6 Å². The summed E-state index contributed by atoms with van der Waals surface area (Å²) >= 11 is 0. The predicted molar refractivity (Wildman–Crippen MR) is 112 cm³/mol. The maximum Gasteiger partial charge on any atom is -0.0101 e. The Kier molecular flexibility index (Phi) is 15.6. The van der Waals surface area contributed by atoms with Crippen molar-refractivity contribution in [2.75, 3.05) is 0 Å². The second-order valence-electron chi connectivity index (χ2n) is 6.89. The largest absolute Gasteiger partial charge is 0.103 e. The van der Waals surface area contributed by atoms with E-state index in [-0.39, 0.29) is 5.41 Å². The highest BCUT2D eigenvalue weighted by Gasteiger charge is 2.42. The van der Waals surface area contributed by atoms with Crippen LogP contribution in [0.1, 0.15) is 89.0 Å². The van der Waals surface area contributed by atoms with E-state index in [0.29, 0.717) is 5.41 Å². The van der Waals surface area contributed by atoms with Gasteiger partial charge in [0.2, 0.25) is 0 Å². The van der Waals surface area contributed by atoms with Crippen LogP contribution >= 0.6 is 0 Å². The molecule has 0 spiro atoms. The van der Waals surface area contributed by atoms with Gasteiger partial charge in [0.1, 0.15) is 0 Å². The van der Waals surface area contributed by atoms with Crippen LogP contribution in [0.25, 0.3) is 0 Å². The zero-order valence-electron chi connectivity index (χ0n) is 18.1. The summed E-state index contributed by atoms with van der Waals surface area (Å²) in [6, 6.07) is 0. The zero-order valence-corrected chi connectivity index (χ0v) is 18.1. The van der Waals surface area contributed by atoms with Crippen molar-refractivity contribution >= 4 is 0 Å². The molecule has 23 heavy (non-hydrogen) atoms. The average molecular weight is 321 g/mol. The van der Waals surface area contributed by atoms with Crippen molar-refractivity contribution in [3.63, 3.8) is 0 Å². The molecule has 0 N–H and O–H groups in total. The minimum Gasteiger partial charge on any atom is -0.103 e. The first-order chi connectivity index (χ1) is 10.6. The van der Waals surface area contributed by atoms with Crippen molar-refractivity contribution in [2.24, 2.45) is 10.8 Å². The van der Waals surface area contributed by atoms with Crippen molar-refractivity contribution in [3.8, 4) is 0 Å². The van der Waals surface area contributed by atoms with E-state index in [9.17, 15) is 0 Å². The van der Waals surface area contributed by atoms with E-state index in [1.54, 1.807) is 11.6 Å². The predicted octanol–water partition coefficient (Wildman–Crippen LogP) is 8.53. The van der Waals surface area contributed by atoms with Crippen LogP contribution in [0.5, 0.6) is 0 Å². The van der Waals surface area contributed by atoms with Gasteiger partial charge < -0.3 is 0 Å². The van der Waals surface area contributed by atoms with Crippen LogP contribution in [0.4, 0.5) is 0 Å². The lowest BCUT2D eigenvalue weighted by atomic mass is 9.83. The van der Waals surface area contributed by atoms with E-state index in [4.69, 9.17) is 0 Å². The van der Waals surface area contributed by atoms with Crippen LogP contribution in [-0.4, -0.2) is 0 Å². The Morgan fingerprint density at radius 3 is 1.61 bits per heavy atom. The number of rotatable bonds is 3. The van der Waals surface area contributed by atoms with Gasteiger partial charge in [0.15, 0.2) is 0 Å². The van der Waals surface area contributed by atoms with Gasteiger partial charge >= 0.3 is 0 Å². The molecule has 0 bridgehead atoms. The van der Waals surface area contributed by atoms with Gasteiger partial charge in [0.25, 0.3) is 0 Å². The van der Waals surface area contributed by atoms with Crippen molar-refractivity contribution in [1.82, 2.24) is 0 Å². The Morgan fingerprint density at radius 1 is 1.09 bits per heavy atom. The van der Waals surface area contributed by atoms with Crippen LogP contribution in [0, 0.1) is 10.8 Å². The van der Waals surface area contributed by atoms with Gasteiger partial charge in [-0.25, -0.2) is 0 Å². The molecule has 0 radical (unpaired) electrons. The molecule has 1 fully saturated rings. The van der Waals surface area contributed by atoms with Crippen molar-refractivity contribution < 1.29 is 0 Å². The van der Waals surface area contributed by atoms with Gasteiger partial charge in [0.05, 0.1) is 0 Å². The van der Waals surface area contributed by atoms with Gasteiger partial charge in [-0.3, -0.25) is 0 Å². The minimum atomic E-state index is 0.243. The third-order valence-electron chi connectivity index (χ3n) is 3.44. The first kappa shape index (κ1) is 26.8. The third kappa shape index (κ3) is 11.2. The molecular weight excluding hydrogens is 276 g/mol. The van der Waals surface area contributed by atoms with E-state index >= 15 is 0 Å². The molecule has 1 saturated carbocycles. The summed E-state index contributed by atoms with van der Waals surface area (Å²) in [4.78, 5) is 0. The Balaban J connectivity index is -0.000000496. The van der Waals surface area contributed by atoms with Crippen LogP contribution in [0.3, 0.4) is 0 Å². The molecule has 0 aromatic heterocycles. The normalized spacial score (nSPS) is 17.1. The van der Waals surface area contributed by atoms with E-state index in [0.717, 1.165) is 6.42 Å². The highest BCUT2D eigenvalue weighted by molar-refractivity contribution is 5.45. The maximum absolute atomic E-state index is 3.89. The summed E-state index contributed by atoms with van der Waals surface area (Å²) < 4.78 is 0. The molecule has 136 valence electrons. The molecule has 0 saturated heterocycles. The fourth-order valence-electron chi connectivity index (χ4n) is 2.10. The quantitative estimate of drug-likeness (QED) is 0.361. The second-order valence-corrected chi connectivity index (χ2v) is 6.89. The smallest absolute Gasteiger partial charge is 0.0101 e. The van der Waals surface area contributed by atoms with Crippen molar-refractivity contribution in [2.45, 2.75) is 89.0 Å². The zero-order chi connectivity index (χ0) is 19.3. The van der Waals surface area contributed by atoms with E-state index in [1.807, 2.05) is 40.7 Å². The first-order valence-electron chi connectivity index (χ1n) is 9.28. The fourth-order valence-corrected chi connectivity index (χ4v) is 2.10. The summed E-state index contributed by atoms with van der Waals surface area (Å²) in [6.45, 7) is 30.9. The molecule has 0 heteroatoms.